The Bertz CT molecular complexity index is 1400. The summed E-state index contributed by atoms with van der Waals surface area (Å²) in [6.07, 6.45) is 4.50. The average molecular weight is 477 g/mol. The predicted molar refractivity (Wildman–Crippen MR) is 135 cm³/mol. The zero-order valence-corrected chi connectivity index (χ0v) is 20.2. The van der Waals surface area contributed by atoms with Crippen LogP contribution in [0.4, 0.5) is 16.3 Å². The number of carbonyl (C=O) groups is 1. The maximum absolute atomic E-state index is 13.1. The van der Waals surface area contributed by atoms with Gasteiger partial charge in [-0.25, -0.2) is 20.2 Å². The van der Waals surface area contributed by atoms with Crippen molar-refractivity contribution in [3.63, 3.8) is 0 Å². The highest BCUT2D eigenvalue weighted by Crippen LogP contribution is 2.32. The summed E-state index contributed by atoms with van der Waals surface area (Å²) in [5, 5.41) is 8.29. The summed E-state index contributed by atoms with van der Waals surface area (Å²) in [6.45, 7) is 3.62. The molecule has 1 aromatic carbocycles. The number of fused-ring (bicyclic) bond motifs is 1. The van der Waals surface area contributed by atoms with Crippen LogP contribution in [0.3, 0.4) is 0 Å². The van der Waals surface area contributed by atoms with Gasteiger partial charge in [0.15, 0.2) is 0 Å². The van der Waals surface area contributed by atoms with Crippen LogP contribution in [0.2, 0.25) is 0 Å². The molecule has 0 amide bonds. The summed E-state index contributed by atoms with van der Waals surface area (Å²) in [7, 11) is 5.04. The molecule has 35 heavy (non-hydrogen) atoms. The van der Waals surface area contributed by atoms with Gasteiger partial charge in [0.2, 0.25) is 0 Å². The molecule has 11 heteroatoms. The fourth-order valence-corrected chi connectivity index (χ4v) is 3.74. The van der Waals surface area contributed by atoms with Gasteiger partial charge in [-0.1, -0.05) is 0 Å². The molecule has 0 atom stereocenters. The lowest BCUT2D eigenvalue weighted by atomic mass is 10.1. The van der Waals surface area contributed by atoms with Crippen LogP contribution in [0.15, 0.2) is 53.9 Å². The van der Waals surface area contributed by atoms with Gasteiger partial charge in [-0.15, -0.1) is 0 Å². The van der Waals surface area contributed by atoms with Crippen molar-refractivity contribution in [1.82, 2.24) is 24.8 Å². The minimum atomic E-state index is -0.478. The number of amidine groups is 1. The van der Waals surface area contributed by atoms with E-state index in [1.807, 2.05) is 51.4 Å². The molecule has 0 aliphatic carbocycles. The van der Waals surface area contributed by atoms with Crippen molar-refractivity contribution in [2.75, 3.05) is 19.5 Å². The molecule has 0 aliphatic heterocycles. The summed E-state index contributed by atoms with van der Waals surface area (Å²) >= 11 is 0. The number of hydrazine groups is 1. The number of anilines is 2. The monoisotopic (exact) mass is 476 g/mol. The van der Waals surface area contributed by atoms with Gasteiger partial charge in [0, 0.05) is 49.1 Å². The summed E-state index contributed by atoms with van der Waals surface area (Å²) in [6, 6.07) is 9.20. The standard InChI is InChI=1S/C24H28N8O3/c1-14(2)35-24(33)32-19(17-12-28-31(4)13-17)8-16-11-27-22(10-20(16)32)29-18-7-6-15(9-21(18)34-5)23(26-3)30-25/h6-14H,25H2,1-5H3,(H,26,30)(H,27,29). The molecule has 0 fully saturated rings. The zero-order chi connectivity index (χ0) is 25.1. The zero-order valence-electron chi connectivity index (χ0n) is 20.2. The van der Waals surface area contributed by atoms with Gasteiger partial charge in [-0.05, 0) is 38.1 Å². The van der Waals surface area contributed by atoms with Crippen molar-refractivity contribution in [3.05, 3.63) is 54.5 Å². The largest absolute Gasteiger partial charge is 0.495 e. The van der Waals surface area contributed by atoms with Gasteiger partial charge in [-0.2, -0.15) is 5.10 Å². The Hall–Kier alpha value is -4.38. The minimum Gasteiger partial charge on any atom is -0.495 e. The van der Waals surface area contributed by atoms with Crippen LogP contribution in [0.1, 0.15) is 19.4 Å². The molecule has 3 aromatic heterocycles. The molecule has 0 saturated carbocycles. The van der Waals surface area contributed by atoms with E-state index in [0.717, 1.165) is 16.5 Å². The van der Waals surface area contributed by atoms with Crippen LogP contribution < -0.4 is 21.3 Å². The number of hydrogen-bond donors (Lipinski definition) is 3. The number of rotatable bonds is 6. The lowest BCUT2D eigenvalue weighted by molar-refractivity contribution is 0.118. The highest BCUT2D eigenvalue weighted by atomic mass is 16.6. The molecule has 0 radical (unpaired) electrons. The van der Waals surface area contributed by atoms with Crippen LogP contribution in [-0.4, -0.2) is 51.5 Å². The first-order valence-electron chi connectivity index (χ1n) is 10.9. The highest BCUT2D eigenvalue weighted by molar-refractivity contribution is 5.99. The first-order chi connectivity index (χ1) is 16.8. The van der Waals surface area contributed by atoms with Crippen LogP contribution in [0, 0.1) is 0 Å². The third-order valence-corrected chi connectivity index (χ3v) is 5.30. The lowest BCUT2D eigenvalue weighted by Gasteiger charge is -2.14. The summed E-state index contributed by atoms with van der Waals surface area (Å²) in [5.74, 6) is 7.17. The van der Waals surface area contributed by atoms with E-state index in [1.54, 1.807) is 37.3 Å². The molecular formula is C24H28N8O3. The van der Waals surface area contributed by atoms with Crippen LogP contribution >= 0.6 is 0 Å². The number of carbonyl (C=O) groups excluding carboxylic acids is 1. The second-order valence-corrected chi connectivity index (χ2v) is 8.09. The van der Waals surface area contributed by atoms with E-state index in [9.17, 15) is 4.79 Å². The van der Waals surface area contributed by atoms with Crippen molar-refractivity contribution in [3.8, 4) is 17.0 Å². The molecule has 4 N–H and O–H groups in total. The number of nitrogens with one attached hydrogen (secondary N) is 2. The second-order valence-electron chi connectivity index (χ2n) is 8.09. The first-order valence-corrected chi connectivity index (χ1v) is 10.9. The van der Waals surface area contributed by atoms with Gasteiger partial charge >= 0.3 is 6.09 Å². The third kappa shape index (κ3) is 4.80. The maximum Gasteiger partial charge on any atom is 0.419 e. The molecule has 0 bridgehead atoms. The topological polar surface area (TPSA) is 134 Å². The lowest BCUT2D eigenvalue weighted by Crippen LogP contribution is -2.30. The van der Waals surface area contributed by atoms with Crippen LogP contribution in [-0.2, 0) is 11.8 Å². The number of nitrogens with zero attached hydrogens (tertiary/aromatic N) is 5. The SMILES string of the molecule is CN=C(NN)c1ccc(Nc2cc3c(cn2)cc(-c2cnn(C)c2)n3C(=O)OC(C)C)c(OC)c1. The molecule has 3 heterocycles. The number of aryl methyl sites for hydroxylation is 1. The van der Waals surface area contributed by atoms with Crippen molar-refractivity contribution in [2.45, 2.75) is 20.0 Å². The molecular weight excluding hydrogens is 448 g/mol. The molecule has 182 valence electrons. The molecule has 0 aliphatic rings. The molecule has 0 saturated heterocycles. The Labute approximate surface area is 202 Å². The van der Waals surface area contributed by atoms with E-state index in [0.29, 0.717) is 34.3 Å². The summed E-state index contributed by atoms with van der Waals surface area (Å²) in [4.78, 5) is 21.7. The number of aromatic nitrogens is 4. The van der Waals surface area contributed by atoms with E-state index in [2.05, 4.69) is 25.8 Å². The van der Waals surface area contributed by atoms with Gasteiger partial charge in [0.05, 0.1) is 36.3 Å². The predicted octanol–water partition coefficient (Wildman–Crippen LogP) is 3.42. The molecule has 4 aromatic rings. The number of ether oxygens (including phenoxy) is 2. The number of aliphatic imine (C=N–C) groups is 1. The third-order valence-electron chi connectivity index (χ3n) is 5.30. The van der Waals surface area contributed by atoms with Crippen LogP contribution in [0.25, 0.3) is 22.2 Å². The Morgan fingerprint density at radius 3 is 2.63 bits per heavy atom. The van der Waals surface area contributed by atoms with Crippen molar-refractivity contribution >= 4 is 34.3 Å². The maximum atomic E-state index is 13.1. The van der Waals surface area contributed by atoms with Gasteiger partial charge in [0.1, 0.15) is 17.4 Å². The number of methoxy groups -OCH3 is 1. The summed E-state index contributed by atoms with van der Waals surface area (Å²) in [5.41, 5.74) is 6.13. The van der Waals surface area contributed by atoms with E-state index >= 15 is 0 Å². The normalized spacial score (nSPS) is 11.7. The molecule has 4 rings (SSSR count). The van der Waals surface area contributed by atoms with Gasteiger partial charge in [-0.3, -0.25) is 9.67 Å². The Morgan fingerprint density at radius 2 is 2.00 bits per heavy atom. The van der Waals surface area contributed by atoms with E-state index < -0.39 is 6.09 Å². The van der Waals surface area contributed by atoms with Gasteiger partial charge in [0.25, 0.3) is 0 Å². The van der Waals surface area contributed by atoms with E-state index in [-0.39, 0.29) is 6.10 Å². The quantitative estimate of drug-likeness (QED) is 0.167. The molecule has 0 spiro atoms. The molecule has 11 nitrogen and oxygen atoms in total. The number of benzene rings is 1. The Kier molecular flexibility index (Phi) is 6.69. The summed E-state index contributed by atoms with van der Waals surface area (Å²) < 4.78 is 14.3. The smallest absolute Gasteiger partial charge is 0.419 e. The van der Waals surface area contributed by atoms with Crippen molar-refractivity contribution < 1.29 is 14.3 Å². The van der Waals surface area contributed by atoms with E-state index in [4.69, 9.17) is 15.3 Å². The molecule has 0 unspecified atom stereocenters. The fraction of sp³-hybridized carbons (Fsp3) is 0.250. The van der Waals surface area contributed by atoms with Gasteiger partial charge < -0.3 is 20.2 Å². The van der Waals surface area contributed by atoms with E-state index in [1.165, 1.54) is 4.57 Å². The number of pyridine rings is 1. The first kappa shape index (κ1) is 23.8. The number of hydrogen-bond acceptors (Lipinski definition) is 8. The fourth-order valence-electron chi connectivity index (χ4n) is 3.74. The average Bonchev–Trinajstić information content (AvgIpc) is 3.43. The Balaban J connectivity index is 1.77. The Morgan fingerprint density at radius 1 is 1.20 bits per heavy atom. The van der Waals surface area contributed by atoms with Crippen molar-refractivity contribution in [1.29, 1.82) is 0 Å². The second kappa shape index (κ2) is 9.85. The highest BCUT2D eigenvalue weighted by Gasteiger charge is 2.20. The minimum absolute atomic E-state index is 0.275. The van der Waals surface area contributed by atoms with Crippen LogP contribution in [0.5, 0.6) is 5.75 Å². The van der Waals surface area contributed by atoms with Crippen molar-refractivity contribution in [2.24, 2.45) is 17.9 Å². The number of nitrogens with two attached hydrogens (primary N) is 1.